The van der Waals surface area contributed by atoms with Crippen LogP contribution in [-0.2, 0) is 16.0 Å². The Hall–Kier alpha value is -1.68. The van der Waals surface area contributed by atoms with Gasteiger partial charge in [-0.05, 0) is 99.0 Å². The highest BCUT2D eigenvalue weighted by atomic mass is 16.5. The van der Waals surface area contributed by atoms with Crippen LogP contribution in [0.25, 0.3) is 0 Å². The average Bonchev–Trinajstić information content (AvgIpc) is 3.07. The molecule has 1 saturated heterocycles. The van der Waals surface area contributed by atoms with Gasteiger partial charge in [0.2, 0.25) is 0 Å². The third-order valence-electron chi connectivity index (χ3n) is 8.72. The number of carbonyl (C=O) groups excluding carboxylic acids is 2. The molecule has 0 unspecified atom stereocenters. The van der Waals surface area contributed by atoms with Gasteiger partial charge >= 0.3 is 5.97 Å². The van der Waals surface area contributed by atoms with Crippen molar-refractivity contribution >= 4 is 11.8 Å². The summed E-state index contributed by atoms with van der Waals surface area (Å²) in [5.74, 6) is 2.86. The minimum Gasteiger partial charge on any atom is -0.426 e. The summed E-state index contributed by atoms with van der Waals surface area (Å²) >= 11 is 0. The first-order chi connectivity index (χ1) is 14.5. The smallest absolute Gasteiger partial charge is 0.312 e. The Morgan fingerprint density at radius 3 is 2.80 bits per heavy atom. The molecule has 0 bridgehead atoms. The SMILES string of the molecule is C[C@]12CC[C@H]3c4ccc(OC(=O)CCN5CCCCC5)cc4CC[C@H]3[C@@H]1CCC2=O. The summed E-state index contributed by atoms with van der Waals surface area (Å²) in [7, 11) is 0. The van der Waals surface area contributed by atoms with Gasteiger partial charge in [0, 0.05) is 18.4 Å². The number of aryl methyl sites for hydroxylation is 1. The van der Waals surface area contributed by atoms with Crippen LogP contribution in [0.3, 0.4) is 0 Å². The van der Waals surface area contributed by atoms with E-state index in [-0.39, 0.29) is 11.4 Å². The van der Waals surface area contributed by atoms with Crippen LogP contribution >= 0.6 is 0 Å². The van der Waals surface area contributed by atoms with Crippen LogP contribution in [0.15, 0.2) is 18.2 Å². The van der Waals surface area contributed by atoms with Gasteiger partial charge in [-0.25, -0.2) is 0 Å². The lowest BCUT2D eigenvalue weighted by Crippen LogP contribution is -2.42. The Kier molecular flexibility index (Phi) is 5.47. The van der Waals surface area contributed by atoms with Crippen LogP contribution < -0.4 is 4.74 Å². The van der Waals surface area contributed by atoms with E-state index in [4.69, 9.17) is 4.74 Å². The second kappa shape index (κ2) is 8.11. The molecule has 1 aromatic carbocycles. The van der Waals surface area contributed by atoms with E-state index >= 15 is 0 Å². The number of hydrogen-bond donors (Lipinski definition) is 0. The van der Waals surface area contributed by atoms with E-state index in [0.717, 1.165) is 58.2 Å². The van der Waals surface area contributed by atoms with E-state index in [1.165, 1.54) is 30.4 Å². The van der Waals surface area contributed by atoms with Crippen LogP contribution in [0.5, 0.6) is 5.75 Å². The molecule has 3 fully saturated rings. The van der Waals surface area contributed by atoms with Crippen molar-refractivity contribution in [1.29, 1.82) is 0 Å². The molecule has 1 aliphatic heterocycles. The van der Waals surface area contributed by atoms with Gasteiger partial charge < -0.3 is 9.64 Å². The number of benzene rings is 1. The van der Waals surface area contributed by atoms with Gasteiger partial charge in [0.25, 0.3) is 0 Å². The van der Waals surface area contributed by atoms with Gasteiger partial charge in [-0.15, -0.1) is 0 Å². The summed E-state index contributed by atoms with van der Waals surface area (Å²) in [5, 5.41) is 0. The molecule has 1 aromatic rings. The van der Waals surface area contributed by atoms with Crippen molar-refractivity contribution in [1.82, 2.24) is 4.90 Å². The Morgan fingerprint density at radius 2 is 1.97 bits per heavy atom. The van der Waals surface area contributed by atoms with Crippen molar-refractivity contribution in [2.45, 2.75) is 77.0 Å². The third kappa shape index (κ3) is 3.62. The standard InChI is InChI=1S/C26H35NO3/c1-26-13-11-21-20-8-6-19(30-25(29)12-16-27-14-3-2-4-15-27)17-18(20)5-7-22(21)23(26)9-10-24(26)28/h6,8,17,21-23H,2-5,7,9-16H2,1H3/t21-,22+,23-,26-/m0/s1. The number of rotatable bonds is 4. The summed E-state index contributed by atoms with van der Waals surface area (Å²) in [5.41, 5.74) is 2.73. The second-order valence-electron chi connectivity index (χ2n) is 10.3. The van der Waals surface area contributed by atoms with Crippen LogP contribution in [0.1, 0.15) is 81.8 Å². The average molecular weight is 410 g/mol. The summed E-state index contributed by atoms with van der Waals surface area (Å²) < 4.78 is 5.70. The summed E-state index contributed by atoms with van der Waals surface area (Å²) in [6.45, 7) is 5.26. The van der Waals surface area contributed by atoms with Crippen LogP contribution in [-0.4, -0.2) is 36.3 Å². The van der Waals surface area contributed by atoms with Crippen molar-refractivity contribution in [2.24, 2.45) is 17.3 Å². The maximum atomic E-state index is 12.5. The number of nitrogens with zero attached hydrogens (tertiary/aromatic N) is 1. The van der Waals surface area contributed by atoms with Gasteiger partial charge in [0.05, 0.1) is 6.42 Å². The van der Waals surface area contributed by atoms with Gasteiger partial charge in [0.15, 0.2) is 0 Å². The largest absolute Gasteiger partial charge is 0.426 e. The highest BCUT2D eigenvalue weighted by Crippen LogP contribution is 2.59. The molecule has 5 rings (SSSR count). The van der Waals surface area contributed by atoms with E-state index in [0.29, 0.717) is 35.7 Å². The molecule has 0 spiro atoms. The monoisotopic (exact) mass is 409 g/mol. The second-order valence-corrected chi connectivity index (χ2v) is 10.3. The predicted octanol–water partition coefficient (Wildman–Crippen LogP) is 4.89. The van der Waals surface area contributed by atoms with Crippen LogP contribution in [0, 0.1) is 17.3 Å². The van der Waals surface area contributed by atoms with E-state index in [9.17, 15) is 9.59 Å². The number of hydrogen-bond acceptors (Lipinski definition) is 4. The molecule has 4 nitrogen and oxygen atoms in total. The molecule has 0 radical (unpaired) electrons. The van der Waals surface area contributed by atoms with E-state index < -0.39 is 0 Å². The zero-order valence-electron chi connectivity index (χ0n) is 18.3. The zero-order valence-corrected chi connectivity index (χ0v) is 18.3. The first-order valence-corrected chi connectivity index (χ1v) is 12.1. The zero-order chi connectivity index (χ0) is 20.7. The highest BCUT2D eigenvalue weighted by molar-refractivity contribution is 5.87. The number of Topliss-reactive ketones (excluding diaryl/α,β-unsaturated/α-hetero) is 1. The van der Waals surface area contributed by atoms with E-state index in [1.807, 2.05) is 6.07 Å². The van der Waals surface area contributed by atoms with Crippen molar-refractivity contribution in [3.63, 3.8) is 0 Å². The van der Waals surface area contributed by atoms with Gasteiger partial charge in [0.1, 0.15) is 11.5 Å². The van der Waals surface area contributed by atoms with Crippen molar-refractivity contribution < 1.29 is 14.3 Å². The Morgan fingerprint density at radius 1 is 1.13 bits per heavy atom. The van der Waals surface area contributed by atoms with Crippen molar-refractivity contribution in [3.8, 4) is 5.75 Å². The summed E-state index contributed by atoms with van der Waals surface area (Å²) in [6.07, 6.45) is 10.5. The lowest BCUT2D eigenvalue weighted by molar-refractivity contribution is -0.134. The van der Waals surface area contributed by atoms with Crippen LogP contribution in [0.4, 0.5) is 0 Å². The van der Waals surface area contributed by atoms with Crippen molar-refractivity contribution in [2.75, 3.05) is 19.6 Å². The first kappa shape index (κ1) is 20.2. The molecule has 4 atom stereocenters. The number of likely N-dealkylation sites (tertiary alicyclic amines) is 1. The molecule has 4 aliphatic rings. The van der Waals surface area contributed by atoms with E-state index in [1.54, 1.807) is 0 Å². The fraction of sp³-hybridized carbons (Fsp3) is 0.692. The molecule has 0 N–H and O–H groups in total. The Bertz CT molecular complexity index is 828. The Balaban J connectivity index is 1.23. The molecule has 2 saturated carbocycles. The fourth-order valence-corrected chi connectivity index (χ4v) is 7.01. The maximum Gasteiger partial charge on any atom is 0.312 e. The molecule has 0 aromatic heterocycles. The minimum absolute atomic E-state index is 0.0670. The molecule has 4 heteroatoms. The van der Waals surface area contributed by atoms with Gasteiger partial charge in [-0.3, -0.25) is 9.59 Å². The number of piperidine rings is 1. The normalized spacial score (nSPS) is 33.5. The number of esters is 1. The lowest BCUT2D eigenvalue weighted by Gasteiger charge is -2.48. The molecule has 30 heavy (non-hydrogen) atoms. The maximum absolute atomic E-state index is 12.5. The predicted molar refractivity (Wildman–Crippen MR) is 117 cm³/mol. The first-order valence-electron chi connectivity index (χ1n) is 12.1. The number of ether oxygens (including phenoxy) is 1. The number of fused-ring (bicyclic) bond motifs is 5. The van der Waals surface area contributed by atoms with Crippen molar-refractivity contribution in [3.05, 3.63) is 29.3 Å². The topological polar surface area (TPSA) is 46.6 Å². The number of carbonyl (C=O) groups is 2. The molecule has 162 valence electrons. The molecule has 3 aliphatic carbocycles. The Labute approximate surface area is 180 Å². The summed E-state index contributed by atoms with van der Waals surface area (Å²) in [4.78, 5) is 27.2. The molecule has 0 amide bonds. The molecule has 1 heterocycles. The third-order valence-corrected chi connectivity index (χ3v) is 8.72. The van der Waals surface area contributed by atoms with Crippen LogP contribution in [0.2, 0.25) is 0 Å². The quantitative estimate of drug-likeness (QED) is 0.524. The minimum atomic E-state index is -0.118. The lowest BCUT2D eigenvalue weighted by atomic mass is 9.55. The van der Waals surface area contributed by atoms with E-state index in [2.05, 4.69) is 24.0 Å². The molecular weight excluding hydrogens is 374 g/mol. The highest BCUT2D eigenvalue weighted by Gasteiger charge is 2.54. The number of ketones is 1. The summed E-state index contributed by atoms with van der Waals surface area (Å²) in [6, 6.07) is 6.31. The van der Waals surface area contributed by atoms with Gasteiger partial charge in [-0.1, -0.05) is 19.4 Å². The molecular formula is C26H35NO3. The van der Waals surface area contributed by atoms with Gasteiger partial charge in [-0.2, -0.15) is 0 Å². The fourth-order valence-electron chi connectivity index (χ4n) is 7.01.